The number of hydrogen-bond donors (Lipinski definition) is 3. The first-order valence-electron chi connectivity index (χ1n) is 10.4. The third kappa shape index (κ3) is 6.21. The molecule has 0 aliphatic heterocycles. The van der Waals surface area contributed by atoms with Crippen molar-refractivity contribution < 1.29 is 44.5 Å². The minimum Gasteiger partial charge on any atom is -0.550 e. The number of carbonyl (C=O) groups is 4. The van der Waals surface area contributed by atoms with E-state index in [9.17, 15) is 44.5 Å². The van der Waals surface area contributed by atoms with Gasteiger partial charge in [-0.05, 0) is 29.1 Å². The first-order chi connectivity index (χ1) is 16.0. The predicted molar refractivity (Wildman–Crippen MR) is 114 cm³/mol. The molecule has 5 unspecified atom stereocenters. The van der Waals surface area contributed by atoms with Gasteiger partial charge in [0.15, 0.2) is 0 Å². The molecule has 0 spiro atoms. The Morgan fingerprint density at radius 1 is 0.794 bits per heavy atom. The average molecular weight is 468 g/mol. The van der Waals surface area contributed by atoms with Gasteiger partial charge in [0, 0.05) is 41.3 Å². The van der Waals surface area contributed by atoms with Crippen LogP contribution in [0.5, 0.6) is 0 Å². The fraction of sp³-hybridized carbons (Fsp3) is 0.304. The van der Waals surface area contributed by atoms with Gasteiger partial charge in [-0.15, -0.1) is 0 Å². The molecular weight excluding hydrogens is 445 g/mol. The highest BCUT2D eigenvalue weighted by atomic mass is 16.4. The van der Waals surface area contributed by atoms with Crippen molar-refractivity contribution in [1.82, 2.24) is 0 Å². The number of carboxylic acid groups (broad SMARTS) is 3. The van der Waals surface area contributed by atoms with Gasteiger partial charge in [0.05, 0.1) is 5.92 Å². The highest BCUT2D eigenvalue weighted by Crippen LogP contribution is 2.37. The normalized spacial score (nSPS) is 15.3. The number of amides is 1. The summed E-state index contributed by atoms with van der Waals surface area (Å²) in [6, 6.07) is 13.6. The molecule has 1 amide bonds. The van der Waals surface area contributed by atoms with Crippen LogP contribution in [0.2, 0.25) is 0 Å². The summed E-state index contributed by atoms with van der Waals surface area (Å²) in [4.78, 5) is 48.9. The van der Waals surface area contributed by atoms with E-state index >= 15 is 0 Å². The standard InChI is InChI=1S/C23H26BNO9/c1-12(14-7-4-3-5-8-14)17(19(23(31)32)18(22(29)30)13(2)21(27)28)20(26)25-16-10-6-9-15(11-16)24(33)34/h3-13,17-19,33-34H,1-2H3,(H,25,26)(H,27,28)(H,29,30)(H,31,32)/p-3. The molecule has 5 atom stereocenters. The van der Waals surface area contributed by atoms with Crippen LogP contribution >= 0.6 is 0 Å². The van der Waals surface area contributed by atoms with Crippen molar-refractivity contribution >= 4 is 42.1 Å². The first-order valence-corrected chi connectivity index (χ1v) is 10.4. The molecule has 34 heavy (non-hydrogen) atoms. The highest BCUT2D eigenvalue weighted by Gasteiger charge is 2.42. The second-order valence-electron chi connectivity index (χ2n) is 8.01. The average Bonchev–Trinajstić information content (AvgIpc) is 2.78. The quantitative estimate of drug-likeness (QED) is 0.286. The Labute approximate surface area is 196 Å². The van der Waals surface area contributed by atoms with Crippen LogP contribution in [0, 0.1) is 23.7 Å². The maximum atomic E-state index is 13.4. The second kappa shape index (κ2) is 11.4. The molecule has 0 fully saturated rings. The molecule has 0 heterocycles. The molecule has 11 heteroatoms. The van der Waals surface area contributed by atoms with Gasteiger partial charge in [-0.2, -0.15) is 0 Å². The van der Waals surface area contributed by atoms with Crippen LogP contribution in [0.3, 0.4) is 0 Å². The molecule has 2 rings (SSSR count). The zero-order valence-electron chi connectivity index (χ0n) is 18.4. The number of rotatable bonds is 11. The van der Waals surface area contributed by atoms with Crippen molar-refractivity contribution in [2.45, 2.75) is 19.8 Å². The number of benzene rings is 2. The third-order valence-corrected chi connectivity index (χ3v) is 5.85. The third-order valence-electron chi connectivity index (χ3n) is 5.85. The summed E-state index contributed by atoms with van der Waals surface area (Å²) in [6.07, 6.45) is 0. The van der Waals surface area contributed by atoms with Gasteiger partial charge in [-0.3, -0.25) is 4.79 Å². The summed E-state index contributed by atoms with van der Waals surface area (Å²) >= 11 is 0. The smallest absolute Gasteiger partial charge is 0.488 e. The minimum atomic E-state index is -2.14. The fourth-order valence-electron chi connectivity index (χ4n) is 3.99. The van der Waals surface area contributed by atoms with Crippen LogP contribution in [0.15, 0.2) is 54.6 Å². The predicted octanol–water partition coefficient (Wildman–Crippen LogP) is -3.16. The number of carbonyl (C=O) groups excluding carboxylic acids is 4. The zero-order valence-corrected chi connectivity index (χ0v) is 18.4. The van der Waals surface area contributed by atoms with Gasteiger partial charge in [-0.25, -0.2) is 0 Å². The largest absolute Gasteiger partial charge is 0.550 e. The van der Waals surface area contributed by atoms with E-state index < -0.39 is 60.5 Å². The topological polar surface area (TPSA) is 190 Å². The second-order valence-corrected chi connectivity index (χ2v) is 8.01. The summed E-state index contributed by atoms with van der Waals surface area (Å²) in [6.45, 7) is 2.46. The van der Waals surface area contributed by atoms with Gasteiger partial charge in [-0.1, -0.05) is 56.3 Å². The lowest BCUT2D eigenvalue weighted by Gasteiger charge is -2.40. The van der Waals surface area contributed by atoms with E-state index in [0.717, 1.165) is 6.92 Å². The van der Waals surface area contributed by atoms with Crippen LogP contribution in [0.4, 0.5) is 5.69 Å². The van der Waals surface area contributed by atoms with Crippen LogP contribution in [-0.2, 0) is 19.2 Å². The summed E-state index contributed by atoms with van der Waals surface area (Å²) in [5.74, 6) is -15.2. The van der Waals surface area contributed by atoms with Crippen molar-refractivity contribution in [3.05, 3.63) is 60.2 Å². The highest BCUT2D eigenvalue weighted by molar-refractivity contribution is 6.58. The Morgan fingerprint density at radius 3 is 1.88 bits per heavy atom. The zero-order chi connectivity index (χ0) is 25.6. The summed E-state index contributed by atoms with van der Waals surface area (Å²) in [7, 11) is -1.83. The maximum Gasteiger partial charge on any atom is 0.488 e. The van der Waals surface area contributed by atoms with Crippen molar-refractivity contribution in [3.63, 3.8) is 0 Å². The molecule has 2 aromatic rings. The number of anilines is 1. The van der Waals surface area contributed by atoms with E-state index in [-0.39, 0.29) is 11.2 Å². The molecule has 180 valence electrons. The summed E-state index contributed by atoms with van der Waals surface area (Å²) < 4.78 is 0. The van der Waals surface area contributed by atoms with E-state index in [4.69, 9.17) is 0 Å². The van der Waals surface area contributed by atoms with Crippen molar-refractivity contribution in [3.8, 4) is 0 Å². The molecule has 0 aliphatic rings. The van der Waals surface area contributed by atoms with Gasteiger partial charge in [0.2, 0.25) is 5.91 Å². The Hall–Kier alpha value is -3.70. The number of carboxylic acids is 3. The Bertz CT molecular complexity index is 1040. The number of aliphatic carboxylic acids is 3. The van der Waals surface area contributed by atoms with E-state index in [2.05, 4.69) is 5.32 Å². The van der Waals surface area contributed by atoms with E-state index in [1.54, 1.807) is 30.3 Å². The SMILES string of the molecule is CC(C(=O)[O-])C(C(=O)[O-])C(C(=O)[O-])C(C(=O)Nc1cccc(B(O)O)c1)C(C)c1ccccc1. The Kier molecular flexibility index (Phi) is 8.93. The molecule has 0 bridgehead atoms. The first kappa shape index (κ1) is 26.6. The van der Waals surface area contributed by atoms with E-state index in [0.29, 0.717) is 5.56 Å². The minimum absolute atomic E-state index is 0.0418. The molecule has 2 aromatic carbocycles. The molecular formula is C23H23BNO9-3. The van der Waals surface area contributed by atoms with Crippen LogP contribution in [0.25, 0.3) is 0 Å². The fourth-order valence-corrected chi connectivity index (χ4v) is 3.99. The molecule has 3 N–H and O–H groups in total. The van der Waals surface area contributed by atoms with Gasteiger partial charge in [0.25, 0.3) is 0 Å². The van der Waals surface area contributed by atoms with Gasteiger partial charge >= 0.3 is 7.12 Å². The molecule has 0 aromatic heterocycles. The monoisotopic (exact) mass is 468 g/mol. The van der Waals surface area contributed by atoms with E-state index in [1.807, 2.05) is 0 Å². The van der Waals surface area contributed by atoms with Crippen molar-refractivity contribution in [2.75, 3.05) is 5.32 Å². The number of hydrogen-bond acceptors (Lipinski definition) is 9. The Balaban J connectivity index is 2.59. The Morgan fingerprint density at radius 2 is 1.38 bits per heavy atom. The molecule has 0 aliphatic carbocycles. The summed E-state index contributed by atoms with van der Waals surface area (Å²) in [5, 5.41) is 56.7. The van der Waals surface area contributed by atoms with Crippen molar-refractivity contribution in [2.24, 2.45) is 23.7 Å². The molecule has 10 nitrogen and oxygen atoms in total. The van der Waals surface area contributed by atoms with E-state index in [1.165, 1.54) is 31.2 Å². The van der Waals surface area contributed by atoms with Gasteiger partial charge in [0.1, 0.15) is 0 Å². The lowest BCUT2D eigenvalue weighted by molar-refractivity contribution is -0.337. The van der Waals surface area contributed by atoms with Crippen LogP contribution in [-0.4, -0.2) is 41.0 Å². The molecule has 0 saturated heterocycles. The van der Waals surface area contributed by atoms with Gasteiger partial charge < -0.3 is 45.1 Å². The molecule has 0 saturated carbocycles. The maximum absolute atomic E-state index is 13.4. The summed E-state index contributed by atoms with van der Waals surface area (Å²) in [5.41, 5.74) is 0.614. The van der Waals surface area contributed by atoms with Crippen LogP contribution in [0.1, 0.15) is 25.3 Å². The number of nitrogens with one attached hydrogen (secondary N) is 1. The lowest BCUT2D eigenvalue weighted by Crippen LogP contribution is -2.55. The van der Waals surface area contributed by atoms with Crippen molar-refractivity contribution in [1.29, 1.82) is 0 Å². The molecule has 0 radical (unpaired) electrons. The lowest BCUT2D eigenvalue weighted by atomic mass is 9.69. The van der Waals surface area contributed by atoms with Crippen LogP contribution < -0.4 is 26.1 Å².